The van der Waals surface area contributed by atoms with Gasteiger partial charge in [-0.3, -0.25) is 0 Å². The molecule has 3 rings (SSSR count). The molecule has 0 aliphatic heterocycles. The van der Waals surface area contributed by atoms with Crippen molar-refractivity contribution in [2.24, 2.45) is 4.99 Å². The van der Waals surface area contributed by atoms with Gasteiger partial charge in [0.05, 0.1) is 17.4 Å². The van der Waals surface area contributed by atoms with Crippen molar-refractivity contribution in [2.75, 3.05) is 0 Å². The van der Waals surface area contributed by atoms with Gasteiger partial charge >= 0.3 is 5.63 Å². The second-order valence-corrected chi connectivity index (χ2v) is 6.13. The largest absolute Gasteiger partial charge is 0.507 e. The van der Waals surface area contributed by atoms with Crippen molar-refractivity contribution >= 4 is 11.5 Å². The first-order valence-corrected chi connectivity index (χ1v) is 7.91. The zero-order valence-corrected chi connectivity index (χ0v) is 13.7. The number of aromatic nitrogens is 2. The minimum Gasteiger partial charge on any atom is -0.507 e. The second-order valence-electron chi connectivity index (χ2n) is 6.13. The van der Waals surface area contributed by atoms with Gasteiger partial charge in [0.15, 0.2) is 5.82 Å². The van der Waals surface area contributed by atoms with Crippen LogP contribution in [0.5, 0.6) is 5.75 Å². The Morgan fingerprint density at radius 3 is 2.70 bits per heavy atom. The molecule has 2 aromatic rings. The highest BCUT2D eigenvalue weighted by Crippen LogP contribution is 2.33. The number of aliphatic imine (C=N–C) groups is 1. The molecular weight excluding hydrogens is 294 g/mol. The van der Waals surface area contributed by atoms with Gasteiger partial charge < -0.3 is 9.52 Å². The quantitative estimate of drug-likeness (QED) is 0.880. The lowest BCUT2D eigenvalue weighted by Gasteiger charge is -2.12. The van der Waals surface area contributed by atoms with Crippen LogP contribution < -0.4 is 5.63 Å². The van der Waals surface area contributed by atoms with Crippen molar-refractivity contribution in [1.29, 1.82) is 0 Å². The van der Waals surface area contributed by atoms with Gasteiger partial charge in [-0.25, -0.2) is 14.5 Å². The summed E-state index contributed by atoms with van der Waals surface area (Å²) >= 11 is 0. The molecule has 1 fully saturated rings. The molecular formula is C17H21N3O3. The molecule has 0 spiro atoms. The molecule has 1 saturated carbocycles. The summed E-state index contributed by atoms with van der Waals surface area (Å²) in [5.41, 5.74) is 0.846. The number of hydrogen-bond acceptors (Lipinski definition) is 5. The van der Waals surface area contributed by atoms with Crippen LogP contribution in [-0.4, -0.2) is 20.6 Å². The standard InChI is InChI=1S/C17H21N3O3/c1-10-8-15(20(19-10)13-6-4-5-7-13)18-12(3)16-14(21)9-11(2)23-17(16)22/h8-9,13,21H,4-7H2,1-3H3/b18-12+. The third-order valence-electron chi connectivity index (χ3n) is 4.21. The number of aromatic hydroxyl groups is 1. The van der Waals surface area contributed by atoms with E-state index in [-0.39, 0.29) is 11.3 Å². The fourth-order valence-electron chi connectivity index (χ4n) is 3.16. The Bertz CT molecular complexity index is 811. The van der Waals surface area contributed by atoms with E-state index in [1.54, 1.807) is 13.8 Å². The van der Waals surface area contributed by atoms with Crippen LogP contribution in [0.25, 0.3) is 0 Å². The summed E-state index contributed by atoms with van der Waals surface area (Å²) in [4.78, 5) is 16.6. The van der Waals surface area contributed by atoms with Crippen molar-refractivity contribution in [2.45, 2.75) is 52.5 Å². The molecule has 0 radical (unpaired) electrons. The Morgan fingerprint density at radius 1 is 1.35 bits per heavy atom. The molecule has 6 nitrogen and oxygen atoms in total. The maximum absolute atomic E-state index is 12.0. The summed E-state index contributed by atoms with van der Waals surface area (Å²) in [5, 5.41) is 14.6. The SMILES string of the molecule is C/C(=N\c1cc(C)nn1C1CCCC1)c1c(O)cc(C)oc1=O. The Balaban J connectivity index is 2.03. The molecule has 2 aromatic heterocycles. The predicted octanol–water partition coefficient (Wildman–Crippen LogP) is 3.41. The zero-order valence-electron chi connectivity index (χ0n) is 13.7. The van der Waals surface area contributed by atoms with Gasteiger partial charge in [-0.05, 0) is 33.6 Å². The van der Waals surface area contributed by atoms with Crippen LogP contribution in [0, 0.1) is 13.8 Å². The molecule has 23 heavy (non-hydrogen) atoms. The third kappa shape index (κ3) is 3.06. The fraction of sp³-hybridized carbons (Fsp3) is 0.471. The molecule has 122 valence electrons. The molecule has 0 unspecified atom stereocenters. The number of nitrogens with zero attached hydrogens (tertiary/aromatic N) is 3. The summed E-state index contributed by atoms with van der Waals surface area (Å²) in [6.07, 6.45) is 4.60. The van der Waals surface area contributed by atoms with E-state index < -0.39 is 5.63 Å². The van der Waals surface area contributed by atoms with E-state index in [0.29, 0.717) is 23.3 Å². The smallest absolute Gasteiger partial charge is 0.348 e. The summed E-state index contributed by atoms with van der Waals surface area (Å²) in [5.74, 6) is 0.978. The monoisotopic (exact) mass is 315 g/mol. The average molecular weight is 315 g/mol. The lowest BCUT2D eigenvalue weighted by Crippen LogP contribution is -2.13. The lowest BCUT2D eigenvalue weighted by molar-refractivity contribution is 0.432. The van der Waals surface area contributed by atoms with Crippen molar-refractivity contribution in [1.82, 2.24) is 9.78 Å². The summed E-state index contributed by atoms with van der Waals surface area (Å²) in [6, 6.07) is 3.68. The van der Waals surface area contributed by atoms with Gasteiger partial charge in [0.1, 0.15) is 17.1 Å². The van der Waals surface area contributed by atoms with Crippen LogP contribution in [0.15, 0.2) is 26.3 Å². The van der Waals surface area contributed by atoms with Gasteiger partial charge in [-0.2, -0.15) is 5.10 Å². The minimum atomic E-state index is -0.576. The van der Waals surface area contributed by atoms with Crippen LogP contribution in [0.2, 0.25) is 0 Å². The van der Waals surface area contributed by atoms with Crippen LogP contribution in [-0.2, 0) is 0 Å². The van der Waals surface area contributed by atoms with E-state index in [1.165, 1.54) is 18.9 Å². The summed E-state index contributed by atoms with van der Waals surface area (Å²) < 4.78 is 7.01. The van der Waals surface area contributed by atoms with Crippen LogP contribution in [0.1, 0.15) is 55.7 Å². The third-order valence-corrected chi connectivity index (χ3v) is 4.21. The second kappa shape index (κ2) is 6.02. The van der Waals surface area contributed by atoms with Gasteiger partial charge in [-0.1, -0.05) is 12.8 Å². The zero-order chi connectivity index (χ0) is 16.6. The predicted molar refractivity (Wildman–Crippen MR) is 87.7 cm³/mol. The Labute approximate surface area is 134 Å². The first-order chi connectivity index (χ1) is 11.0. The van der Waals surface area contributed by atoms with Gasteiger partial charge in [0, 0.05) is 12.1 Å². The molecule has 0 atom stereocenters. The first-order valence-electron chi connectivity index (χ1n) is 7.91. The fourth-order valence-corrected chi connectivity index (χ4v) is 3.16. The number of rotatable bonds is 3. The van der Waals surface area contributed by atoms with E-state index in [2.05, 4.69) is 10.1 Å². The van der Waals surface area contributed by atoms with Gasteiger partial charge in [0.2, 0.25) is 0 Å². The normalized spacial score (nSPS) is 16.2. The molecule has 6 heteroatoms. The van der Waals surface area contributed by atoms with E-state index in [0.717, 1.165) is 18.5 Å². The Kier molecular flexibility index (Phi) is 4.07. The van der Waals surface area contributed by atoms with Crippen molar-refractivity contribution in [3.8, 4) is 5.75 Å². The minimum absolute atomic E-state index is 0.104. The van der Waals surface area contributed by atoms with Crippen LogP contribution in [0.4, 0.5) is 5.82 Å². The molecule has 0 bridgehead atoms. The van der Waals surface area contributed by atoms with Crippen molar-refractivity contribution < 1.29 is 9.52 Å². The molecule has 1 aliphatic rings. The van der Waals surface area contributed by atoms with E-state index in [9.17, 15) is 9.90 Å². The molecule has 1 aliphatic carbocycles. The summed E-state index contributed by atoms with van der Waals surface area (Å²) in [6.45, 7) is 5.25. The van der Waals surface area contributed by atoms with E-state index >= 15 is 0 Å². The maximum atomic E-state index is 12.0. The Hall–Kier alpha value is -2.37. The molecule has 0 amide bonds. The van der Waals surface area contributed by atoms with Crippen LogP contribution >= 0.6 is 0 Å². The van der Waals surface area contributed by atoms with Gasteiger partial charge in [0.25, 0.3) is 0 Å². The topological polar surface area (TPSA) is 80.6 Å². The maximum Gasteiger partial charge on any atom is 0.348 e. The number of aryl methyl sites for hydroxylation is 2. The molecule has 0 aromatic carbocycles. The Morgan fingerprint density at radius 2 is 2.04 bits per heavy atom. The molecule has 2 heterocycles. The van der Waals surface area contributed by atoms with E-state index in [4.69, 9.17) is 4.42 Å². The van der Waals surface area contributed by atoms with Crippen molar-refractivity contribution in [3.63, 3.8) is 0 Å². The van der Waals surface area contributed by atoms with Crippen molar-refractivity contribution in [3.05, 3.63) is 39.6 Å². The molecule has 0 saturated heterocycles. The van der Waals surface area contributed by atoms with Gasteiger partial charge in [-0.15, -0.1) is 0 Å². The average Bonchev–Trinajstić information content (AvgIpc) is 3.06. The summed E-state index contributed by atoms with van der Waals surface area (Å²) in [7, 11) is 0. The highest BCUT2D eigenvalue weighted by Gasteiger charge is 2.21. The molecule has 1 N–H and O–H groups in total. The van der Waals surface area contributed by atoms with Crippen LogP contribution in [0.3, 0.4) is 0 Å². The highest BCUT2D eigenvalue weighted by atomic mass is 16.4. The number of hydrogen-bond donors (Lipinski definition) is 1. The highest BCUT2D eigenvalue weighted by molar-refractivity contribution is 6.01. The lowest BCUT2D eigenvalue weighted by atomic mass is 10.1. The van der Waals surface area contributed by atoms with E-state index in [1.807, 2.05) is 17.7 Å². The first kappa shape index (κ1) is 15.5.